The van der Waals surface area contributed by atoms with E-state index in [1.165, 1.54) is 19.2 Å². The maximum Gasteiger partial charge on any atom is 0.308 e. The Morgan fingerprint density at radius 3 is 2.89 bits per heavy atom. The zero-order valence-electron chi connectivity index (χ0n) is 10.5. The van der Waals surface area contributed by atoms with E-state index in [1.807, 2.05) is 0 Å². The van der Waals surface area contributed by atoms with Crippen molar-refractivity contribution in [1.82, 2.24) is 5.32 Å². The van der Waals surface area contributed by atoms with E-state index in [0.29, 0.717) is 11.4 Å². The van der Waals surface area contributed by atoms with E-state index < -0.39 is 0 Å². The molecule has 0 saturated carbocycles. The van der Waals surface area contributed by atoms with Gasteiger partial charge in [0.1, 0.15) is 5.82 Å². The lowest BCUT2D eigenvalue weighted by atomic mass is 9.89. The molecule has 0 radical (unpaired) electrons. The molecule has 2 unspecified atom stereocenters. The SMILES string of the molecule is COC(=O)C1CCNC(c2ccc(F)cc2Cl)C1.Cl. The molecule has 0 spiro atoms. The summed E-state index contributed by atoms with van der Waals surface area (Å²) in [7, 11) is 1.39. The minimum atomic E-state index is -0.357. The van der Waals surface area contributed by atoms with Crippen molar-refractivity contribution >= 4 is 30.0 Å². The van der Waals surface area contributed by atoms with Crippen molar-refractivity contribution in [2.24, 2.45) is 5.92 Å². The van der Waals surface area contributed by atoms with Crippen LogP contribution < -0.4 is 5.32 Å². The van der Waals surface area contributed by atoms with Crippen LogP contribution in [0.3, 0.4) is 0 Å². The second kappa shape index (κ2) is 7.08. The Balaban J connectivity index is 0.00000180. The minimum Gasteiger partial charge on any atom is -0.469 e. The predicted molar refractivity (Wildman–Crippen MR) is 74.1 cm³/mol. The highest BCUT2D eigenvalue weighted by Crippen LogP contribution is 2.32. The number of piperidine rings is 1. The molecule has 19 heavy (non-hydrogen) atoms. The molecule has 1 saturated heterocycles. The van der Waals surface area contributed by atoms with Crippen LogP contribution in [-0.2, 0) is 9.53 Å². The summed E-state index contributed by atoms with van der Waals surface area (Å²) in [4.78, 5) is 11.5. The molecule has 0 bridgehead atoms. The van der Waals surface area contributed by atoms with E-state index in [4.69, 9.17) is 16.3 Å². The van der Waals surface area contributed by atoms with Crippen molar-refractivity contribution in [3.05, 3.63) is 34.6 Å². The van der Waals surface area contributed by atoms with Crippen LogP contribution in [0.1, 0.15) is 24.4 Å². The molecule has 2 atom stereocenters. The van der Waals surface area contributed by atoms with Crippen LogP contribution in [0.25, 0.3) is 0 Å². The van der Waals surface area contributed by atoms with Gasteiger partial charge in [0, 0.05) is 11.1 Å². The highest BCUT2D eigenvalue weighted by atomic mass is 35.5. The highest BCUT2D eigenvalue weighted by Gasteiger charge is 2.29. The number of benzene rings is 1. The maximum absolute atomic E-state index is 13.0. The van der Waals surface area contributed by atoms with Gasteiger partial charge in [-0.05, 0) is 37.1 Å². The molecule has 6 heteroatoms. The third kappa shape index (κ3) is 3.81. The third-order valence-electron chi connectivity index (χ3n) is 3.28. The van der Waals surface area contributed by atoms with Gasteiger partial charge in [-0.15, -0.1) is 12.4 Å². The number of hydrogen-bond acceptors (Lipinski definition) is 3. The van der Waals surface area contributed by atoms with E-state index in [1.54, 1.807) is 6.07 Å². The fourth-order valence-electron chi connectivity index (χ4n) is 2.32. The lowest BCUT2D eigenvalue weighted by Crippen LogP contribution is -2.35. The van der Waals surface area contributed by atoms with Gasteiger partial charge in [-0.2, -0.15) is 0 Å². The summed E-state index contributed by atoms with van der Waals surface area (Å²) >= 11 is 6.03. The van der Waals surface area contributed by atoms with Gasteiger partial charge in [-0.25, -0.2) is 4.39 Å². The Morgan fingerprint density at radius 2 is 2.26 bits per heavy atom. The van der Waals surface area contributed by atoms with Gasteiger partial charge in [0.2, 0.25) is 0 Å². The average Bonchev–Trinajstić information content (AvgIpc) is 2.38. The van der Waals surface area contributed by atoms with Crippen molar-refractivity contribution in [1.29, 1.82) is 0 Å². The summed E-state index contributed by atoms with van der Waals surface area (Å²) < 4.78 is 17.8. The lowest BCUT2D eigenvalue weighted by molar-refractivity contribution is -0.146. The number of ether oxygens (including phenoxy) is 1. The van der Waals surface area contributed by atoms with E-state index in [9.17, 15) is 9.18 Å². The molecule has 0 amide bonds. The van der Waals surface area contributed by atoms with Crippen molar-refractivity contribution in [2.75, 3.05) is 13.7 Å². The number of rotatable bonds is 2. The summed E-state index contributed by atoms with van der Waals surface area (Å²) in [6.07, 6.45) is 1.38. The molecule has 1 heterocycles. The van der Waals surface area contributed by atoms with Crippen molar-refractivity contribution in [3.8, 4) is 0 Å². The molecule has 1 aromatic carbocycles. The first-order chi connectivity index (χ1) is 8.61. The fraction of sp³-hybridized carbons (Fsp3) is 0.462. The molecule has 0 aromatic heterocycles. The molecular formula is C13H16Cl2FNO2. The molecular weight excluding hydrogens is 292 g/mol. The molecule has 1 aliphatic heterocycles. The van der Waals surface area contributed by atoms with Crippen LogP contribution in [0.2, 0.25) is 5.02 Å². The van der Waals surface area contributed by atoms with Gasteiger partial charge in [0.15, 0.2) is 0 Å². The first-order valence-electron chi connectivity index (χ1n) is 5.88. The number of halogens is 3. The number of carbonyl (C=O) groups is 1. The van der Waals surface area contributed by atoms with Gasteiger partial charge >= 0.3 is 5.97 Å². The standard InChI is InChI=1S/C13H15ClFNO2.ClH/c1-18-13(17)8-4-5-16-12(6-8)10-3-2-9(15)7-11(10)14;/h2-3,7-8,12,16H,4-6H2,1H3;1H. The van der Waals surface area contributed by atoms with Crippen LogP contribution in [0, 0.1) is 11.7 Å². The van der Waals surface area contributed by atoms with Gasteiger partial charge in [-0.1, -0.05) is 17.7 Å². The Hall–Kier alpha value is -0.840. The number of methoxy groups -OCH3 is 1. The topological polar surface area (TPSA) is 38.3 Å². The van der Waals surface area contributed by atoms with Crippen LogP contribution in [0.15, 0.2) is 18.2 Å². The second-order valence-corrected chi connectivity index (χ2v) is 4.82. The molecule has 0 aliphatic carbocycles. The quantitative estimate of drug-likeness (QED) is 0.853. The highest BCUT2D eigenvalue weighted by molar-refractivity contribution is 6.31. The summed E-state index contributed by atoms with van der Waals surface area (Å²) in [6.45, 7) is 0.720. The Morgan fingerprint density at radius 1 is 1.53 bits per heavy atom. The van der Waals surface area contributed by atoms with Crippen LogP contribution >= 0.6 is 24.0 Å². The smallest absolute Gasteiger partial charge is 0.308 e. The Kier molecular flexibility index (Phi) is 6.04. The van der Waals surface area contributed by atoms with Crippen LogP contribution in [0.4, 0.5) is 4.39 Å². The molecule has 1 aliphatic rings. The lowest BCUT2D eigenvalue weighted by Gasteiger charge is -2.29. The van der Waals surface area contributed by atoms with E-state index in [-0.39, 0.29) is 36.2 Å². The minimum absolute atomic E-state index is 0. The Labute approximate surface area is 122 Å². The summed E-state index contributed by atoms with van der Waals surface area (Å²) in [5.41, 5.74) is 0.826. The van der Waals surface area contributed by atoms with E-state index in [0.717, 1.165) is 18.5 Å². The number of hydrogen-bond donors (Lipinski definition) is 1. The average molecular weight is 308 g/mol. The number of nitrogens with one attached hydrogen (secondary N) is 1. The zero-order chi connectivity index (χ0) is 13.1. The van der Waals surface area contributed by atoms with Crippen molar-refractivity contribution in [3.63, 3.8) is 0 Å². The van der Waals surface area contributed by atoms with Crippen LogP contribution in [-0.4, -0.2) is 19.6 Å². The van der Waals surface area contributed by atoms with Gasteiger partial charge in [0.25, 0.3) is 0 Å². The van der Waals surface area contributed by atoms with Crippen molar-refractivity contribution < 1.29 is 13.9 Å². The summed E-state index contributed by atoms with van der Waals surface area (Å²) in [5, 5.41) is 3.68. The zero-order valence-corrected chi connectivity index (χ0v) is 12.1. The van der Waals surface area contributed by atoms with Crippen LogP contribution in [0.5, 0.6) is 0 Å². The monoisotopic (exact) mass is 307 g/mol. The third-order valence-corrected chi connectivity index (χ3v) is 3.60. The van der Waals surface area contributed by atoms with Gasteiger partial charge < -0.3 is 10.1 Å². The second-order valence-electron chi connectivity index (χ2n) is 4.42. The molecule has 3 nitrogen and oxygen atoms in total. The van der Waals surface area contributed by atoms with Crippen molar-refractivity contribution in [2.45, 2.75) is 18.9 Å². The first kappa shape index (κ1) is 16.2. The molecule has 1 fully saturated rings. The predicted octanol–water partition coefficient (Wildman–Crippen LogP) is 3.11. The summed E-state index contributed by atoms with van der Waals surface area (Å²) in [5.74, 6) is -0.675. The summed E-state index contributed by atoms with van der Waals surface area (Å²) in [6, 6.07) is 4.30. The first-order valence-corrected chi connectivity index (χ1v) is 6.25. The largest absolute Gasteiger partial charge is 0.469 e. The van der Waals surface area contributed by atoms with Gasteiger partial charge in [-0.3, -0.25) is 4.79 Å². The molecule has 1 aromatic rings. The Bertz CT molecular complexity index is 456. The number of esters is 1. The van der Waals surface area contributed by atoms with E-state index >= 15 is 0 Å². The van der Waals surface area contributed by atoms with Gasteiger partial charge in [0.05, 0.1) is 13.0 Å². The normalized spacial score (nSPS) is 22.5. The maximum atomic E-state index is 13.0. The molecule has 2 rings (SSSR count). The fourth-order valence-corrected chi connectivity index (χ4v) is 2.62. The van der Waals surface area contributed by atoms with E-state index in [2.05, 4.69) is 5.32 Å². The molecule has 106 valence electrons. The number of carbonyl (C=O) groups excluding carboxylic acids is 1. The molecule has 1 N–H and O–H groups in total.